The van der Waals surface area contributed by atoms with Gasteiger partial charge in [0, 0.05) is 11.3 Å². The minimum atomic E-state index is -3.81. The van der Waals surface area contributed by atoms with Crippen LogP contribution in [-0.4, -0.2) is 26.3 Å². The van der Waals surface area contributed by atoms with Crippen LogP contribution in [0.15, 0.2) is 70.2 Å². The van der Waals surface area contributed by atoms with Crippen molar-refractivity contribution in [2.45, 2.75) is 38.3 Å². The highest BCUT2D eigenvalue weighted by atomic mass is 32.2. The molecule has 0 bridgehead atoms. The number of amides is 2. The van der Waals surface area contributed by atoms with Gasteiger partial charge in [0.15, 0.2) is 0 Å². The first-order valence-electron chi connectivity index (χ1n) is 9.97. The topological polar surface area (TPSA) is 118 Å². The third kappa shape index (κ3) is 5.76. The smallest absolute Gasteiger partial charge is 0.261 e. The quantitative estimate of drug-likeness (QED) is 0.482. The second kappa shape index (κ2) is 9.69. The van der Waals surface area contributed by atoms with Gasteiger partial charge in [-0.3, -0.25) is 14.3 Å². The van der Waals surface area contributed by atoms with E-state index < -0.39 is 22.0 Å². The van der Waals surface area contributed by atoms with Crippen molar-refractivity contribution in [3.8, 4) is 0 Å². The summed E-state index contributed by atoms with van der Waals surface area (Å²) in [6.07, 6.45) is 1.51. The lowest BCUT2D eigenvalue weighted by atomic mass is 10.1. The first kappa shape index (κ1) is 23.1. The molecule has 9 heteroatoms. The molecule has 8 nitrogen and oxygen atoms in total. The molecule has 0 saturated heterocycles. The van der Waals surface area contributed by atoms with Crippen LogP contribution < -0.4 is 15.4 Å². The molecule has 3 aromatic rings. The van der Waals surface area contributed by atoms with Crippen molar-refractivity contribution in [3.63, 3.8) is 0 Å². The van der Waals surface area contributed by atoms with Crippen molar-refractivity contribution in [2.24, 2.45) is 0 Å². The molecule has 0 fully saturated rings. The molecule has 2 amide bonds. The summed E-state index contributed by atoms with van der Waals surface area (Å²) in [4.78, 5) is 24.6. The molecule has 3 rings (SSSR count). The lowest BCUT2D eigenvalue weighted by Crippen LogP contribution is -2.44. The molecular formula is C23H25N3O5S. The molecule has 0 saturated carbocycles. The monoisotopic (exact) mass is 455 g/mol. The zero-order valence-electron chi connectivity index (χ0n) is 18.0. The van der Waals surface area contributed by atoms with E-state index in [1.807, 2.05) is 19.9 Å². The second-order valence-corrected chi connectivity index (χ2v) is 9.10. The van der Waals surface area contributed by atoms with E-state index in [1.165, 1.54) is 30.5 Å². The number of aryl methyl sites for hydroxylation is 2. The molecule has 0 radical (unpaired) electrons. The van der Waals surface area contributed by atoms with Crippen LogP contribution in [0.4, 0.5) is 5.69 Å². The highest BCUT2D eigenvalue weighted by Gasteiger charge is 2.19. The Kier molecular flexibility index (Phi) is 6.99. The molecule has 0 aliphatic carbocycles. The fourth-order valence-electron chi connectivity index (χ4n) is 2.89. The van der Waals surface area contributed by atoms with Crippen LogP contribution in [0.5, 0.6) is 0 Å². The Hall–Kier alpha value is -3.59. The van der Waals surface area contributed by atoms with Crippen molar-refractivity contribution >= 4 is 27.5 Å². The average molecular weight is 456 g/mol. The van der Waals surface area contributed by atoms with Gasteiger partial charge in [-0.05, 0) is 80.4 Å². The second-order valence-electron chi connectivity index (χ2n) is 7.42. The van der Waals surface area contributed by atoms with Gasteiger partial charge >= 0.3 is 0 Å². The SMILES string of the molecule is Cc1ccc(NS(=O)(=O)c2ccc(C(=O)NC(C)C(=O)NCc3ccco3)cc2)cc1C. The van der Waals surface area contributed by atoms with Crippen molar-refractivity contribution in [1.82, 2.24) is 10.6 Å². The Morgan fingerprint density at radius 2 is 1.72 bits per heavy atom. The van der Waals surface area contributed by atoms with Gasteiger partial charge in [0.2, 0.25) is 5.91 Å². The van der Waals surface area contributed by atoms with Gasteiger partial charge in [0.25, 0.3) is 15.9 Å². The fraction of sp³-hybridized carbons (Fsp3) is 0.217. The third-order valence-corrected chi connectivity index (χ3v) is 6.34. The molecule has 1 heterocycles. The molecule has 168 valence electrons. The zero-order chi connectivity index (χ0) is 23.3. The van der Waals surface area contributed by atoms with Gasteiger partial charge in [-0.1, -0.05) is 6.07 Å². The normalized spacial score (nSPS) is 12.1. The summed E-state index contributed by atoms with van der Waals surface area (Å²) in [5.41, 5.74) is 2.73. The Bertz CT molecular complexity index is 1200. The number of furan rings is 1. The summed E-state index contributed by atoms with van der Waals surface area (Å²) >= 11 is 0. The molecule has 0 aliphatic heterocycles. The zero-order valence-corrected chi connectivity index (χ0v) is 18.8. The number of carbonyl (C=O) groups excluding carboxylic acids is 2. The predicted octanol–water partition coefficient (Wildman–Crippen LogP) is 3.13. The van der Waals surface area contributed by atoms with E-state index in [4.69, 9.17) is 4.42 Å². The number of hydrogen-bond acceptors (Lipinski definition) is 5. The van der Waals surface area contributed by atoms with E-state index in [2.05, 4.69) is 15.4 Å². The highest BCUT2D eigenvalue weighted by Crippen LogP contribution is 2.19. The van der Waals surface area contributed by atoms with Gasteiger partial charge in [0.1, 0.15) is 11.8 Å². The minimum Gasteiger partial charge on any atom is -0.467 e. The first-order valence-corrected chi connectivity index (χ1v) is 11.4. The third-order valence-electron chi connectivity index (χ3n) is 4.94. The van der Waals surface area contributed by atoms with Crippen LogP contribution in [0.3, 0.4) is 0 Å². The van der Waals surface area contributed by atoms with E-state index in [1.54, 1.807) is 31.2 Å². The maximum absolute atomic E-state index is 12.6. The van der Waals surface area contributed by atoms with E-state index >= 15 is 0 Å². The Labute approximate surface area is 187 Å². The summed E-state index contributed by atoms with van der Waals surface area (Å²) in [7, 11) is -3.81. The average Bonchev–Trinajstić information content (AvgIpc) is 3.28. The van der Waals surface area contributed by atoms with Crippen molar-refractivity contribution < 1.29 is 22.4 Å². The van der Waals surface area contributed by atoms with Crippen molar-refractivity contribution in [2.75, 3.05) is 4.72 Å². The number of carbonyl (C=O) groups is 2. The number of rotatable bonds is 8. The van der Waals surface area contributed by atoms with Gasteiger partial charge in [-0.2, -0.15) is 0 Å². The summed E-state index contributed by atoms with van der Waals surface area (Å²) in [6.45, 7) is 5.62. The largest absolute Gasteiger partial charge is 0.467 e. The molecule has 1 aromatic heterocycles. The van der Waals surface area contributed by atoms with Crippen LogP contribution in [-0.2, 0) is 21.4 Å². The molecule has 2 aromatic carbocycles. The van der Waals surface area contributed by atoms with E-state index in [-0.39, 0.29) is 22.9 Å². The summed E-state index contributed by atoms with van der Waals surface area (Å²) < 4.78 is 33.0. The number of sulfonamides is 1. The molecule has 0 aliphatic rings. The van der Waals surface area contributed by atoms with Crippen LogP contribution >= 0.6 is 0 Å². The Balaban J connectivity index is 1.60. The van der Waals surface area contributed by atoms with Crippen LogP contribution in [0.25, 0.3) is 0 Å². The summed E-state index contributed by atoms with van der Waals surface area (Å²) in [5, 5.41) is 5.26. The molecule has 1 unspecified atom stereocenters. The van der Waals surface area contributed by atoms with Crippen LogP contribution in [0.1, 0.15) is 34.2 Å². The summed E-state index contributed by atoms with van der Waals surface area (Å²) in [6, 6.07) is 13.4. The van der Waals surface area contributed by atoms with Gasteiger partial charge in [-0.25, -0.2) is 8.42 Å². The first-order chi connectivity index (χ1) is 15.2. The van der Waals surface area contributed by atoms with Crippen LogP contribution in [0.2, 0.25) is 0 Å². The molecule has 0 spiro atoms. The van der Waals surface area contributed by atoms with E-state index in [0.717, 1.165) is 11.1 Å². The highest BCUT2D eigenvalue weighted by molar-refractivity contribution is 7.92. The standard InChI is InChI=1S/C23H25N3O5S/c1-15-6-9-19(13-16(15)2)26-32(29,30)21-10-7-18(8-11-21)23(28)25-17(3)22(27)24-14-20-5-4-12-31-20/h4-13,17,26H,14H2,1-3H3,(H,24,27)(H,25,28). The fourth-order valence-corrected chi connectivity index (χ4v) is 3.94. The van der Waals surface area contributed by atoms with Gasteiger partial charge < -0.3 is 15.1 Å². The molecular weight excluding hydrogens is 430 g/mol. The number of nitrogens with one attached hydrogen (secondary N) is 3. The maximum atomic E-state index is 12.6. The number of benzene rings is 2. The van der Waals surface area contributed by atoms with E-state index in [0.29, 0.717) is 11.4 Å². The lowest BCUT2D eigenvalue weighted by molar-refractivity contribution is -0.122. The maximum Gasteiger partial charge on any atom is 0.261 e. The Morgan fingerprint density at radius 3 is 2.34 bits per heavy atom. The van der Waals surface area contributed by atoms with Gasteiger partial charge in [-0.15, -0.1) is 0 Å². The van der Waals surface area contributed by atoms with Crippen molar-refractivity contribution in [3.05, 3.63) is 83.3 Å². The summed E-state index contributed by atoms with van der Waals surface area (Å²) in [5.74, 6) is -0.258. The lowest BCUT2D eigenvalue weighted by Gasteiger charge is -2.14. The van der Waals surface area contributed by atoms with Gasteiger partial charge in [0.05, 0.1) is 17.7 Å². The number of anilines is 1. The number of hydrogen-bond donors (Lipinski definition) is 3. The molecule has 32 heavy (non-hydrogen) atoms. The minimum absolute atomic E-state index is 0.0246. The molecule has 1 atom stereocenters. The predicted molar refractivity (Wildman–Crippen MR) is 121 cm³/mol. The van der Waals surface area contributed by atoms with Crippen molar-refractivity contribution in [1.29, 1.82) is 0 Å². The van der Waals surface area contributed by atoms with Crippen LogP contribution in [0, 0.1) is 13.8 Å². The van der Waals surface area contributed by atoms with E-state index in [9.17, 15) is 18.0 Å². The molecule has 3 N–H and O–H groups in total. The Morgan fingerprint density at radius 1 is 1.00 bits per heavy atom.